The van der Waals surface area contributed by atoms with Gasteiger partial charge in [-0.05, 0) is 109 Å². The van der Waals surface area contributed by atoms with E-state index in [0.29, 0.717) is 35.2 Å². The Morgan fingerprint density at radius 1 is 0.827 bits per heavy atom. The lowest BCUT2D eigenvalue weighted by Crippen LogP contribution is -2.12. The average Bonchev–Trinajstić information content (AvgIpc) is 3.87. The predicted octanol–water partition coefficient (Wildman–Crippen LogP) is 7.44. The highest BCUT2D eigenvalue weighted by atomic mass is 32.2. The standard InChI is InChI=1S/C19H16FNO4S.C12H12FNO2.C8H6FN/c20-15-2-3-17-16(9-15)14(10-21(17)11-19(22)23)8-12-1-4-18-13(7-12)5-6-26(18,24)25;1-2-16-12(15)8-14-6-5-9-7-10(13)3-4-11(9)14;9-7-1-2-8-6(5-7)3-4-10-8/h1-4,7,9-10H,5-6,8,11H2,(H,22,23);3-7H,2,8H2,1H3;1-5,10H. The number of aromatic amines is 1. The molecule has 1 aliphatic rings. The zero-order valence-corrected chi connectivity index (χ0v) is 28.8. The highest BCUT2D eigenvalue weighted by Crippen LogP contribution is 2.30. The van der Waals surface area contributed by atoms with Crippen LogP contribution in [0.15, 0.2) is 108 Å². The molecule has 52 heavy (non-hydrogen) atoms. The molecule has 0 saturated carbocycles. The molecule has 0 aliphatic carbocycles. The number of carboxylic acids is 1. The first-order chi connectivity index (χ1) is 24.9. The van der Waals surface area contributed by atoms with Crippen LogP contribution in [0.1, 0.15) is 23.6 Å². The Labute approximate surface area is 296 Å². The zero-order valence-electron chi connectivity index (χ0n) is 28.0. The molecule has 0 fully saturated rings. The number of carbonyl (C=O) groups is 2. The molecular weight excluding hydrogens is 696 g/mol. The molecule has 8 rings (SSSR count). The van der Waals surface area contributed by atoms with Crippen molar-refractivity contribution in [3.63, 3.8) is 0 Å². The Morgan fingerprint density at radius 3 is 2.29 bits per heavy atom. The summed E-state index contributed by atoms with van der Waals surface area (Å²) in [6.45, 7) is 2.08. The number of sulfone groups is 1. The van der Waals surface area contributed by atoms with Crippen LogP contribution in [-0.4, -0.2) is 51.9 Å². The van der Waals surface area contributed by atoms with Gasteiger partial charge in [-0.15, -0.1) is 0 Å². The summed E-state index contributed by atoms with van der Waals surface area (Å²) in [6.07, 6.45) is 6.24. The number of hydrogen-bond donors (Lipinski definition) is 2. The zero-order chi connectivity index (χ0) is 37.0. The first-order valence-corrected chi connectivity index (χ1v) is 18.0. The van der Waals surface area contributed by atoms with Gasteiger partial charge in [0, 0.05) is 51.3 Å². The van der Waals surface area contributed by atoms with Crippen molar-refractivity contribution in [1.29, 1.82) is 0 Å². The topological polar surface area (TPSA) is 123 Å². The number of carboxylic acid groups (broad SMARTS) is 1. The molecule has 9 nitrogen and oxygen atoms in total. The number of nitrogens with one attached hydrogen (secondary N) is 1. The number of fused-ring (bicyclic) bond motifs is 4. The van der Waals surface area contributed by atoms with E-state index in [9.17, 15) is 31.2 Å². The quantitative estimate of drug-likeness (QED) is 0.165. The summed E-state index contributed by atoms with van der Waals surface area (Å²) >= 11 is 0. The summed E-state index contributed by atoms with van der Waals surface area (Å²) in [6, 6.07) is 22.3. The second-order valence-corrected chi connectivity index (χ2v) is 14.3. The van der Waals surface area contributed by atoms with Crippen molar-refractivity contribution in [1.82, 2.24) is 14.1 Å². The Morgan fingerprint density at radius 2 is 1.54 bits per heavy atom. The lowest BCUT2D eigenvalue weighted by atomic mass is 10.0. The fourth-order valence-electron chi connectivity index (χ4n) is 6.25. The van der Waals surface area contributed by atoms with E-state index >= 15 is 0 Å². The number of nitrogens with zero attached hydrogens (tertiary/aromatic N) is 2. The van der Waals surface area contributed by atoms with Crippen LogP contribution < -0.4 is 0 Å². The fourth-order valence-corrected chi connectivity index (χ4v) is 7.80. The molecule has 3 aromatic heterocycles. The van der Waals surface area contributed by atoms with Crippen molar-refractivity contribution in [2.24, 2.45) is 0 Å². The molecule has 7 aromatic rings. The van der Waals surface area contributed by atoms with E-state index < -0.39 is 15.8 Å². The van der Waals surface area contributed by atoms with Crippen LogP contribution >= 0.6 is 0 Å². The van der Waals surface area contributed by atoms with Crippen LogP contribution in [0, 0.1) is 17.5 Å². The molecule has 2 N–H and O–H groups in total. The van der Waals surface area contributed by atoms with Crippen molar-refractivity contribution in [3.8, 4) is 0 Å². The number of halogens is 3. The second kappa shape index (κ2) is 15.2. The minimum Gasteiger partial charge on any atom is -0.480 e. The van der Waals surface area contributed by atoms with E-state index in [1.165, 1.54) is 36.4 Å². The van der Waals surface area contributed by atoms with Crippen LogP contribution in [0.2, 0.25) is 0 Å². The van der Waals surface area contributed by atoms with Gasteiger partial charge >= 0.3 is 11.9 Å². The smallest absolute Gasteiger partial charge is 0.325 e. The largest absolute Gasteiger partial charge is 0.480 e. The first kappa shape index (κ1) is 36.0. The van der Waals surface area contributed by atoms with Gasteiger partial charge in [-0.2, -0.15) is 0 Å². The van der Waals surface area contributed by atoms with E-state index in [1.807, 2.05) is 12.1 Å². The van der Waals surface area contributed by atoms with Crippen molar-refractivity contribution >= 4 is 54.5 Å². The molecule has 0 spiro atoms. The fraction of sp³-hybridized carbons (Fsp3) is 0.179. The van der Waals surface area contributed by atoms with Crippen LogP contribution in [0.3, 0.4) is 0 Å². The van der Waals surface area contributed by atoms with Gasteiger partial charge < -0.3 is 24.0 Å². The lowest BCUT2D eigenvalue weighted by Gasteiger charge is -2.04. The summed E-state index contributed by atoms with van der Waals surface area (Å²) in [4.78, 5) is 25.8. The summed E-state index contributed by atoms with van der Waals surface area (Å²) in [5.74, 6) is -1.97. The van der Waals surface area contributed by atoms with Gasteiger partial charge in [0.1, 0.15) is 30.5 Å². The van der Waals surface area contributed by atoms with Crippen molar-refractivity contribution in [3.05, 3.63) is 138 Å². The van der Waals surface area contributed by atoms with E-state index in [1.54, 1.807) is 71.0 Å². The molecular formula is C39H34F3N3O6S. The Kier molecular flexibility index (Phi) is 10.5. The number of esters is 1. The molecule has 268 valence electrons. The van der Waals surface area contributed by atoms with Crippen molar-refractivity contribution < 1.29 is 41.0 Å². The van der Waals surface area contributed by atoms with Crippen LogP contribution in [0.4, 0.5) is 13.2 Å². The Hall–Kier alpha value is -5.82. The van der Waals surface area contributed by atoms with E-state index in [4.69, 9.17) is 9.84 Å². The molecule has 0 atom stereocenters. The van der Waals surface area contributed by atoms with Gasteiger partial charge in [-0.25, -0.2) is 21.6 Å². The SMILES string of the molecule is CCOC(=O)Cn1ccc2cc(F)ccc21.Fc1ccc2[nH]ccc2c1.O=C(O)Cn1cc(Cc2ccc3c(c2)CCS3(=O)=O)c2cc(F)ccc21. The number of hydrogen-bond acceptors (Lipinski definition) is 5. The van der Waals surface area contributed by atoms with Gasteiger partial charge in [-0.1, -0.05) is 12.1 Å². The molecule has 0 radical (unpaired) electrons. The van der Waals surface area contributed by atoms with Gasteiger partial charge in [0.15, 0.2) is 9.84 Å². The molecule has 13 heteroatoms. The number of ether oxygens (including phenoxy) is 1. The molecule has 0 amide bonds. The summed E-state index contributed by atoms with van der Waals surface area (Å²) in [5.41, 5.74) is 4.99. The van der Waals surface area contributed by atoms with Crippen LogP contribution in [0.25, 0.3) is 32.7 Å². The van der Waals surface area contributed by atoms with Crippen molar-refractivity contribution in [2.45, 2.75) is 37.8 Å². The summed E-state index contributed by atoms with van der Waals surface area (Å²) < 4.78 is 71.2. The second-order valence-electron chi connectivity index (χ2n) is 12.2. The maximum Gasteiger partial charge on any atom is 0.325 e. The molecule has 4 heterocycles. The van der Waals surface area contributed by atoms with E-state index in [0.717, 1.165) is 38.5 Å². The third-order valence-corrected chi connectivity index (χ3v) is 10.4. The molecule has 0 saturated heterocycles. The van der Waals surface area contributed by atoms with E-state index in [-0.39, 0.29) is 42.3 Å². The van der Waals surface area contributed by atoms with Gasteiger partial charge in [0.2, 0.25) is 0 Å². The number of aryl methyl sites for hydroxylation is 1. The average molecular weight is 730 g/mol. The minimum absolute atomic E-state index is 0.134. The van der Waals surface area contributed by atoms with Crippen LogP contribution in [0.5, 0.6) is 0 Å². The Balaban J connectivity index is 0.000000151. The lowest BCUT2D eigenvalue weighted by molar-refractivity contribution is -0.143. The maximum atomic E-state index is 13.7. The van der Waals surface area contributed by atoms with E-state index in [2.05, 4.69) is 4.98 Å². The number of aromatic nitrogens is 3. The minimum atomic E-state index is -3.16. The molecule has 4 aromatic carbocycles. The summed E-state index contributed by atoms with van der Waals surface area (Å²) in [5, 5.41) is 11.4. The Bertz CT molecular complexity index is 2540. The van der Waals surface area contributed by atoms with Gasteiger partial charge in [0.05, 0.1) is 17.3 Å². The third-order valence-electron chi connectivity index (χ3n) is 8.58. The maximum absolute atomic E-state index is 13.7. The monoisotopic (exact) mass is 729 g/mol. The molecule has 1 aliphatic heterocycles. The molecule has 0 bridgehead atoms. The molecule has 0 unspecified atom stereocenters. The number of benzene rings is 4. The van der Waals surface area contributed by atoms with Gasteiger partial charge in [-0.3, -0.25) is 9.59 Å². The summed E-state index contributed by atoms with van der Waals surface area (Å²) in [7, 11) is -3.16. The normalized spacial score (nSPS) is 12.9. The number of aliphatic carboxylic acids is 1. The number of H-pyrrole nitrogens is 1. The third kappa shape index (κ3) is 8.21. The number of carbonyl (C=O) groups excluding carboxylic acids is 1. The first-order valence-electron chi connectivity index (χ1n) is 16.4. The highest BCUT2D eigenvalue weighted by Gasteiger charge is 2.26. The highest BCUT2D eigenvalue weighted by molar-refractivity contribution is 7.91. The van der Waals surface area contributed by atoms with Crippen molar-refractivity contribution in [2.75, 3.05) is 12.4 Å². The predicted molar refractivity (Wildman–Crippen MR) is 191 cm³/mol. The van der Waals surface area contributed by atoms with Gasteiger partial charge in [0.25, 0.3) is 0 Å². The van der Waals surface area contributed by atoms with Crippen LogP contribution in [-0.2, 0) is 50.1 Å². The number of rotatable bonds is 7.